The van der Waals surface area contributed by atoms with Gasteiger partial charge in [0.25, 0.3) is 0 Å². The van der Waals surface area contributed by atoms with E-state index >= 15 is 0 Å². The van der Waals surface area contributed by atoms with Crippen molar-refractivity contribution in [2.24, 2.45) is 0 Å². The minimum absolute atomic E-state index is 0.139. The van der Waals surface area contributed by atoms with Crippen molar-refractivity contribution in [2.75, 3.05) is 19.8 Å². The summed E-state index contributed by atoms with van der Waals surface area (Å²) in [5, 5.41) is 8.78. The van der Waals surface area contributed by atoms with E-state index in [1.165, 1.54) is 0 Å². The minimum Gasteiger partial charge on any atom is -0.396 e. The van der Waals surface area contributed by atoms with Gasteiger partial charge in [-0.1, -0.05) is 12.1 Å². The molecule has 0 aromatic heterocycles. The molecule has 1 saturated heterocycles. The van der Waals surface area contributed by atoms with Crippen LogP contribution in [0.4, 0.5) is 0 Å². The Hall–Kier alpha value is -0.950. The quantitative estimate of drug-likeness (QED) is 0.824. The van der Waals surface area contributed by atoms with Crippen LogP contribution in [-0.2, 0) is 21.2 Å². The van der Waals surface area contributed by atoms with Crippen LogP contribution in [0.2, 0.25) is 0 Å². The number of nitrogens with one attached hydrogen (secondary N) is 1. The number of rotatable bonds is 6. The summed E-state index contributed by atoms with van der Waals surface area (Å²) in [4.78, 5) is 0.262. The first-order valence-corrected chi connectivity index (χ1v) is 8.25. The molecule has 112 valence electrons. The average Bonchev–Trinajstić information content (AvgIpc) is 2.82. The second-order valence-corrected chi connectivity index (χ2v) is 7.12. The van der Waals surface area contributed by atoms with Gasteiger partial charge in [-0.2, -0.15) is 0 Å². The van der Waals surface area contributed by atoms with Gasteiger partial charge in [-0.25, -0.2) is 13.1 Å². The summed E-state index contributed by atoms with van der Waals surface area (Å²) in [6.07, 6.45) is 2.11. The number of benzene rings is 1. The molecule has 0 aliphatic carbocycles. The topological polar surface area (TPSA) is 75.6 Å². The highest BCUT2D eigenvalue weighted by Crippen LogP contribution is 2.21. The van der Waals surface area contributed by atoms with Crippen LogP contribution in [0.3, 0.4) is 0 Å². The minimum atomic E-state index is -3.52. The molecule has 1 unspecified atom stereocenters. The Labute approximate surface area is 120 Å². The van der Waals surface area contributed by atoms with E-state index in [-0.39, 0.29) is 11.5 Å². The van der Waals surface area contributed by atoms with Crippen molar-refractivity contribution in [1.29, 1.82) is 0 Å². The van der Waals surface area contributed by atoms with Crippen molar-refractivity contribution in [3.8, 4) is 0 Å². The molecule has 1 aliphatic heterocycles. The first-order valence-electron chi connectivity index (χ1n) is 6.77. The van der Waals surface area contributed by atoms with Gasteiger partial charge in [0, 0.05) is 13.2 Å². The predicted molar refractivity (Wildman–Crippen MR) is 76.0 cm³/mol. The fourth-order valence-corrected chi connectivity index (χ4v) is 3.67. The highest BCUT2D eigenvalue weighted by molar-refractivity contribution is 7.89. The van der Waals surface area contributed by atoms with E-state index in [0.717, 1.165) is 12.0 Å². The number of hydrogen-bond donors (Lipinski definition) is 2. The van der Waals surface area contributed by atoms with Gasteiger partial charge < -0.3 is 9.84 Å². The maximum Gasteiger partial charge on any atom is 0.241 e. The van der Waals surface area contributed by atoms with Crippen molar-refractivity contribution in [2.45, 2.75) is 36.6 Å². The summed E-state index contributed by atoms with van der Waals surface area (Å²) in [6.45, 7) is 2.98. The lowest BCUT2D eigenvalue weighted by Crippen LogP contribution is -2.46. The Bertz CT molecular complexity index is 533. The van der Waals surface area contributed by atoms with E-state index in [4.69, 9.17) is 9.84 Å². The number of aliphatic hydroxyl groups excluding tert-OH is 1. The Morgan fingerprint density at radius 3 is 2.60 bits per heavy atom. The van der Waals surface area contributed by atoms with E-state index < -0.39 is 15.6 Å². The lowest BCUT2D eigenvalue weighted by atomic mass is 10.0. The van der Waals surface area contributed by atoms with Gasteiger partial charge in [0.2, 0.25) is 10.0 Å². The maximum atomic E-state index is 12.3. The van der Waals surface area contributed by atoms with E-state index in [2.05, 4.69) is 4.72 Å². The van der Waals surface area contributed by atoms with Gasteiger partial charge in [0.15, 0.2) is 0 Å². The number of aryl methyl sites for hydroxylation is 1. The van der Waals surface area contributed by atoms with Crippen molar-refractivity contribution >= 4 is 10.0 Å². The van der Waals surface area contributed by atoms with E-state index in [1.54, 1.807) is 24.3 Å². The fourth-order valence-electron chi connectivity index (χ4n) is 2.25. The summed E-state index contributed by atoms with van der Waals surface area (Å²) < 4.78 is 32.6. The van der Waals surface area contributed by atoms with Crippen LogP contribution in [0.25, 0.3) is 0 Å². The molecule has 1 aromatic carbocycles. The predicted octanol–water partition coefficient (Wildman–Crippen LogP) is 1.07. The van der Waals surface area contributed by atoms with Crippen molar-refractivity contribution in [3.05, 3.63) is 29.8 Å². The van der Waals surface area contributed by atoms with Gasteiger partial charge in [-0.3, -0.25) is 0 Å². The zero-order valence-electron chi connectivity index (χ0n) is 11.6. The summed E-state index contributed by atoms with van der Waals surface area (Å²) in [5.41, 5.74) is 0.502. The Morgan fingerprint density at radius 1 is 1.35 bits per heavy atom. The van der Waals surface area contributed by atoms with Crippen LogP contribution in [0.1, 0.15) is 25.3 Å². The fraction of sp³-hybridized carbons (Fsp3) is 0.571. The maximum absolute atomic E-state index is 12.3. The van der Waals surface area contributed by atoms with Crippen molar-refractivity contribution in [3.63, 3.8) is 0 Å². The van der Waals surface area contributed by atoms with Crippen molar-refractivity contribution < 1.29 is 18.3 Å². The van der Waals surface area contributed by atoms with Gasteiger partial charge in [-0.05, 0) is 43.9 Å². The zero-order chi connectivity index (χ0) is 14.6. The molecule has 2 N–H and O–H groups in total. The third kappa shape index (κ3) is 3.79. The standard InChI is InChI=1S/C14H21NO4S/c1-14(8-10-19-11-14)15-20(17,18)13-6-4-12(5-7-13)3-2-9-16/h4-7,15-16H,2-3,8-11H2,1H3. The van der Waals surface area contributed by atoms with E-state index in [1.807, 2.05) is 6.92 Å². The third-order valence-electron chi connectivity index (χ3n) is 3.46. The Morgan fingerprint density at radius 2 is 2.05 bits per heavy atom. The van der Waals surface area contributed by atoms with Crippen LogP contribution >= 0.6 is 0 Å². The molecule has 0 saturated carbocycles. The van der Waals surface area contributed by atoms with Gasteiger partial charge >= 0.3 is 0 Å². The van der Waals surface area contributed by atoms with Gasteiger partial charge in [0.1, 0.15) is 0 Å². The van der Waals surface area contributed by atoms with Crippen LogP contribution in [0.15, 0.2) is 29.2 Å². The van der Waals surface area contributed by atoms with Crippen LogP contribution < -0.4 is 4.72 Å². The molecule has 0 spiro atoms. The molecule has 2 rings (SSSR count). The molecule has 1 heterocycles. The molecular formula is C14H21NO4S. The molecule has 5 nitrogen and oxygen atoms in total. The Balaban J connectivity index is 2.09. The summed E-state index contributed by atoms with van der Waals surface area (Å²) >= 11 is 0. The molecule has 0 radical (unpaired) electrons. The summed E-state index contributed by atoms with van der Waals surface area (Å²) in [5.74, 6) is 0. The smallest absolute Gasteiger partial charge is 0.241 e. The van der Waals surface area contributed by atoms with E-state index in [0.29, 0.717) is 26.1 Å². The van der Waals surface area contributed by atoms with Gasteiger partial charge in [-0.15, -0.1) is 0 Å². The van der Waals surface area contributed by atoms with Crippen LogP contribution in [-0.4, -0.2) is 38.9 Å². The lowest BCUT2D eigenvalue weighted by molar-refractivity contribution is 0.178. The summed E-state index contributed by atoms with van der Waals surface area (Å²) in [7, 11) is -3.52. The van der Waals surface area contributed by atoms with Crippen molar-refractivity contribution in [1.82, 2.24) is 4.72 Å². The zero-order valence-corrected chi connectivity index (χ0v) is 12.4. The van der Waals surface area contributed by atoms with Gasteiger partial charge in [0.05, 0.1) is 17.0 Å². The second kappa shape index (κ2) is 6.22. The molecule has 1 aliphatic rings. The lowest BCUT2D eigenvalue weighted by Gasteiger charge is -2.23. The molecule has 0 amide bonds. The average molecular weight is 299 g/mol. The number of sulfonamides is 1. The third-order valence-corrected chi connectivity index (χ3v) is 5.11. The molecule has 0 bridgehead atoms. The molecule has 6 heteroatoms. The number of aliphatic hydroxyl groups is 1. The highest BCUT2D eigenvalue weighted by atomic mass is 32.2. The SMILES string of the molecule is CC1(NS(=O)(=O)c2ccc(CCCO)cc2)CCOC1. The second-order valence-electron chi connectivity index (χ2n) is 5.44. The highest BCUT2D eigenvalue weighted by Gasteiger charge is 2.34. The van der Waals surface area contributed by atoms with E-state index in [9.17, 15) is 8.42 Å². The molecule has 1 aromatic rings. The largest absolute Gasteiger partial charge is 0.396 e. The molecule has 20 heavy (non-hydrogen) atoms. The first-order chi connectivity index (χ1) is 9.45. The monoisotopic (exact) mass is 299 g/mol. The molecular weight excluding hydrogens is 278 g/mol. The first kappa shape index (κ1) is 15.4. The number of ether oxygens (including phenoxy) is 1. The molecule has 1 atom stereocenters. The van der Waals surface area contributed by atoms with Crippen LogP contribution in [0.5, 0.6) is 0 Å². The number of hydrogen-bond acceptors (Lipinski definition) is 4. The Kier molecular flexibility index (Phi) is 4.80. The van der Waals surface area contributed by atoms with Crippen LogP contribution in [0, 0.1) is 0 Å². The molecule has 1 fully saturated rings. The summed E-state index contributed by atoms with van der Waals surface area (Å²) in [6, 6.07) is 6.79. The normalized spacial score (nSPS) is 23.1.